The highest BCUT2D eigenvalue weighted by molar-refractivity contribution is 5.93. The largest absolute Gasteiger partial charge is 0.487 e. The fourth-order valence-corrected chi connectivity index (χ4v) is 3.83. The van der Waals surface area contributed by atoms with E-state index in [-0.39, 0.29) is 18.3 Å². The van der Waals surface area contributed by atoms with E-state index in [2.05, 4.69) is 18.9 Å². The van der Waals surface area contributed by atoms with E-state index >= 15 is 0 Å². The molecule has 2 heterocycles. The van der Waals surface area contributed by atoms with Gasteiger partial charge in [0.2, 0.25) is 0 Å². The molecule has 1 fully saturated rings. The van der Waals surface area contributed by atoms with E-state index < -0.39 is 0 Å². The van der Waals surface area contributed by atoms with Crippen molar-refractivity contribution in [2.45, 2.75) is 45.9 Å². The van der Waals surface area contributed by atoms with Crippen LogP contribution in [-0.2, 0) is 13.2 Å². The second kappa shape index (κ2) is 5.86. The monoisotopic (exact) mass is 343 g/mol. The predicted molar refractivity (Wildman–Crippen MR) is 90.8 cm³/mol. The number of nitrogens with zero attached hydrogens (tertiary/aromatic N) is 3. The predicted octanol–water partition coefficient (Wildman–Crippen LogP) is 3.25. The Bertz CT molecular complexity index is 807. The molecule has 2 aromatic rings. The number of aromatic nitrogens is 2. The van der Waals surface area contributed by atoms with Gasteiger partial charge in [0.15, 0.2) is 0 Å². The smallest absolute Gasteiger partial charge is 0.272 e. The summed E-state index contributed by atoms with van der Waals surface area (Å²) in [6, 6.07) is 8.14. The fourth-order valence-electron chi connectivity index (χ4n) is 3.83. The zero-order valence-electron chi connectivity index (χ0n) is 14.5. The number of amides is 1. The van der Waals surface area contributed by atoms with Gasteiger partial charge in [-0.05, 0) is 36.5 Å². The summed E-state index contributed by atoms with van der Waals surface area (Å²) in [5, 5.41) is 4.46. The minimum absolute atomic E-state index is 0.0521. The first-order valence-electron chi connectivity index (χ1n) is 8.67. The third-order valence-electron chi connectivity index (χ3n) is 5.06. The maximum absolute atomic E-state index is 13.2. The molecule has 1 amide bonds. The molecular weight excluding hydrogens is 321 g/mol. The second-order valence-corrected chi connectivity index (χ2v) is 7.71. The van der Waals surface area contributed by atoms with Gasteiger partial charge in [0.05, 0.1) is 6.54 Å². The third kappa shape index (κ3) is 3.13. The maximum Gasteiger partial charge on any atom is 0.272 e. The Morgan fingerprint density at radius 1 is 1.28 bits per heavy atom. The van der Waals surface area contributed by atoms with E-state index in [9.17, 15) is 9.18 Å². The van der Waals surface area contributed by atoms with Gasteiger partial charge >= 0.3 is 0 Å². The van der Waals surface area contributed by atoms with Crippen LogP contribution in [0, 0.1) is 11.2 Å². The van der Waals surface area contributed by atoms with Crippen molar-refractivity contribution in [1.29, 1.82) is 0 Å². The highest BCUT2D eigenvalue weighted by atomic mass is 19.1. The summed E-state index contributed by atoms with van der Waals surface area (Å²) in [5.74, 6) is 0.169. The molecule has 1 aliphatic heterocycles. The number of carbonyl (C=O) groups excluding carboxylic acids is 1. The molecule has 5 nitrogen and oxygen atoms in total. The van der Waals surface area contributed by atoms with Crippen molar-refractivity contribution in [1.82, 2.24) is 14.7 Å². The summed E-state index contributed by atoms with van der Waals surface area (Å²) < 4.78 is 20.5. The van der Waals surface area contributed by atoms with E-state index in [0.717, 1.165) is 12.8 Å². The van der Waals surface area contributed by atoms with Crippen LogP contribution in [0.1, 0.15) is 42.9 Å². The van der Waals surface area contributed by atoms with Crippen LogP contribution >= 0.6 is 0 Å². The van der Waals surface area contributed by atoms with E-state index in [0.29, 0.717) is 41.7 Å². The molecule has 0 radical (unpaired) electrons. The van der Waals surface area contributed by atoms with Gasteiger partial charge < -0.3 is 9.64 Å². The number of rotatable bonds is 4. The van der Waals surface area contributed by atoms with Crippen molar-refractivity contribution in [2.24, 2.45) is 5.41 Å². The zero-order valence-corrected chi connectivity index (χ0v) is 14.5. The molecule has 1 aliphatic carbocycles. The van der Waals surface area contributed by atoms with Crippen molar-refractivity contribution < 1.29 is 13.9 Å². The van der Waals surface area contributed by atoms with E-state index in [1.807, 2.05) is 4.90 Å². The van der Waals surface area contributed by atoms with Crippen molar-refractivity contribution in [2.75, 3.05) is 6.54 Å². The molecule has 132 valence electrons. The SMILES string of the molecule is CC1(C)CC(N2CCn3nc(COc4cccc(F)c4)cc3C2=O)C1. The van der Waals surface area contributed by atoms with Crippen LogP contribution in [0.2, 0.25) is 0 Å². The summed E-state index contributed by atoms with van der Waals surface area (Å²) in [5.41, 5.74) is 1.64. The van der Waals surface area contributed by atoms with Crippen LogP contribution in [0.25, 0.3) is 0 Å². The molecule has 0 N–H and O–H groups in total. The van der Waals surface area contributed by atoms with Gasteiger partial charge in [-0.1, -0.05) is 19.9 Å². The van der Waals surface area contributed by atoms with Gasteiger partial charge in [0.25, 0.3) is 5.91 Å². The first kappa shape index (κ1) is 16.1. The number of ether oxygens (including phenoxy) is 1. The Morgan fingerprint density at radius 2 is 2.08 bits per heavy atom. The first-order valence-corrected chi connectivity index (χ1v) is 8.67. The molecule has 0 saturated heterocycles. The number of hydrogen-bond acceptors (Lipinski definition) is 3. The van der Waals surface area contributed by atoms with Crippen molar-refractivity contribution >= 4 is 5.91 Å². The number of benzene rings is 1. The van der Waals surface area contributed by atoms with Crippen LogP contribution in [0.15, 0.2) is 30.3 Å². The van der Waals surface area contributed by atoms with Crippen molar-refractivity contribution in [3.8, 4) is 5.75 Å². The molecule has 0 atom stereocenters. The normalized spacial score (nSPS) is 19.5. The molecule has 1 aromatic heterocycles. The number of hydrogen-bond donors (Lipinski definition) is 0. The first-order chi connectivity index (χ1) is 11.9. The van der Waals surface area contributed by atoms with Gasteiger partial charge in [0.1, 0.15) is 29.6 Å². The van der Waals surface area contributed by atoms with Crippen molar-refractivity contribution in [3.63, 3.8) is 0 Å². The van der Waals surface area contributed by atoms with Gasteiger partial charge in [-0.2, -0.15) is 5.10 Å². The fraction of sp³-hybridized carbons (Fsp3) is 0.474. The Balaban J connectivity index is 1.44. The Kier molecular flexibility index (Phi) is 3.78. The lowest BCUT2D eigenvalue weighted by molar-refractivity contribution is 0.0149. The molecule has 1 aromatic carbocycles. The van der Waals surface area contributed by atoms with Gasteiger partial charge in [-0.3, -0.25) is 9.48 Å². The van der Waals surface area contributed by atoms with E-state index in [1.165, 1.54) is 12.1 Å². The Morgan fingerprint density at radius 3 is 2.80 bits per heavy atom. The Hall–Kier alpha value is -2.37. The quantitative estimate of drug-likeness (QED) is 0.856. The van der Waals surface area contributed by atoms with E-state index in [1.54, 1.807) is 22.9 Å². The lowest BCUT2D eigenvalue weighted by Gasteiger charge is -2.49. The summed E-state index contributed by atoms with van der Waals surface area (Å²) in [6.45, 7) is 6.11. The minimum Gasteiger partial charge on any atom is -0.487 e. The summed E-state index contributed by atoms with van der Waals surface area (Å²) in [6.07, 6.45) is 2.12. The molecule has 0 unspecified atom stereocenters. The maximum atomic E-state index is 13.2. The zero-order chi connectivity index (χ0) is 17.6. The molecular formula is C19H22FN3O2. The highest BCUT2D eigenvalue weighted by Gasteiger charge is 2.43. The third-order valence-corrected chi connectivity index (χ3v) is 5.06. The van der Waals surface area contributed by atoms with Gasteiger partial charge in [-0.25, -0.2) is 4.39 Å². The number of halogens is 1. The summed E-state index contributed by atoms with van der Waals surface area (Å²) >= 11 is 0. The molecule has 1 saturated carbocycles. The van der Waals surface area contributed by atoms with Crippen molar-refractivity contribution in [3.05, 3.63) is 47.5 Å². The topological polar surface area (TPSA) is 47.4 Å². The standard InChI is InChI=1S/C19H22FN3O2/c1-19(2)10-15(11-19)22-6-7-23-17(18(22)24)9-14(21-23)12-25-16-5-3-4-13(20)8-16/h3-5,8-9,15H,6-7,10-12H2,1-2H3. The molecule has 2 aliphatic rings. The molecule has 4 rings (SSSR count). The second-order valence-electron chi connectivity index (χ2n) is 7.71. The van der Waals surface area contributed by atoms with Crippen LogP contribution < -0.4 is 4.74 Å². The minimum atomic E-state index is -0.337. The van der Waals surface area contributed by atoms with E-state index in [4.69, 9.17) is 4.74 Å². The number of fused-ring (bicyclic) bond motifs is 1. The van der Waals surface area contributed by atoms with Gasteiger partial charge in [-0.15, -0.1) is 0 Å². The summed E-state index contributed by atoms with van der Waals surface area (Å²) in [4.78, 5) is 14.8. The molecule has 25 heavy (non-hydrogen) atoms. The molecule has 0 spiro atoms. The summed E-state index contributed by atoms with van der Waals surface area (Å²) in [7, 11) is 0. The van der Waals surface area contributed by atoms with Crippen LogP contribution in [0.5, 0.6) is 5.75 Å². The average Bonchev–Trinajstić information content (AvgIpc) is 2.95. The van der Waals surface area contributed by atoms with Crippen LogP contribution in [-0.4, -0.2) is 33.2 Å². The lowest BCUT2D eigenvalue weighted by atomic mass is 9.67. The van der Waals surface area contributed by atoms with Gasteiger partial charge in [0, 0.05) is 18.7 Å². The average molecular weight is 343 g/mol. The lowest BCUT2D eigenvalue weighted by Crippen LogP contribution is -2.54. The molecule has 0 bridgehead atoms. The Labute approximate surface area is 146 Å². The van der Waals surface area contributed by atoms with Crippen LogP contribution in [0.3, 0.4) is 0 Å². The van der Waals surface area contributed by atoms with Crippen LogP contribution in [0.4, 0.5) is 4.39 Å². The highest BCUT2D eigenvalue weighted by Crippen LogP contribution is 2.43. The molecule has 6 heteroatoms. The number of carbonyl (C=O) groups is 1.